The molecule has 0 aliphatic carbocycles. The second-order valence-electron chi connectivity index (χ2n) is 4.37. The molecule has 4 nitrogen and oxygen atoms in total. The van der Waals surface area contributed by atoms with Gasteiger partial charge in [-0.3, -0.25) is 4.99 Å². The van der Waals surface area contributed by atoms with Crippen LogP contribution in [0.5, 0.6) is 0 Å². The van der Waals surface area contributed by atoms with E-state index in [2.05, 4.69) is 70.9 Å². The number of halogens is 1. The molecule has 0 atom stereocenters. The first-order valence-corrected chi connectivity index (χ1v) is 6.78. The van der Waals surface area contributed by atoms with Crippen LogP contribution in [0.3, 0.4) is 0 Å². The average Bonchev–Trinajstić information content (AvgIpc) is 2.19. The highest BCUT2D eigenvalue weighted by Gasteiger charge is 2.03. The van der Waals surface area contributed by atoms with E-state index in [4.69, 9.17) is 0 Å². The number of nitrogens with one attached hydrogen (secondary N) is 2. The fraction of sp³-hybridized carbons (Fsp3) is 0.500. The third-order valence-corrected chi connectivity index (χ3v) is 2.44. The van der Waals surface area contributed by atoms with Crippen LogP contribution < -0.4 is 10.6 Å². The molecule has 0 bridgehead atoms. The molecule has 0 aliphatic rings. The highest BCUT2D eigenvalue weighted by Crippen LogP contribution is 2.07. The van der Waals surface area contributed by atoms with Gasteiger partial charge in [-0.05, 0) is 62.4 Å². The maximum Gasteiger partial charge on any atom is 0.196 e. The van der Waals surface area contributed by atoms with Crippen molar-refractivity contribution in [3.8, 4) is 0 Å². The lowest BCUT2D eigenvalue weighted by Crippen LogP contribution is -2.36. The number of aliphatic imine (C=N–C) groups is 1. The lowest BCUT2D eigenvalue weighted by molar-refractivity contribution is 0.717. The minimum absolute atomic E-state index is 0.251. The third-order valence-electron chi connectivity index (χ3n) is 1.80. The van der Waals surface area contributed by atoms with Crippen LogP contribution in [0.2, 0.25) is 0 Å². The van der Waals surface area contributed by atoms with Crippen LogP contribution in [0.4, 0.5) is 5.69 Å². The van der Waals surface area contributed by atoms with Crippen molar-refractivity contribution in [2.45, 2.75) is 39.8 Å². The molecule has 5 heteroatoms. The zero-order chi connectivity index (χ0) is 12.8. The van der Waals surface area contributed by atoms with Crippen LogP contribution in [0, 0.1) is 3.70 Å². The Balaban J connectivity index is 2.75. The zero-order valence-electron chi connectivity index (χ0n) is 10.7. The van der Waals surface area contributed by atoms with Crippen molar-refractivity contribution < 1.29 is 0 Å². The normalized spacial score (nSPS) is 12.1. The molecule has 0 fully saturated rings. The van der Waals surface area contributed by atoms with E-state index in [9.17, 15) is 0 Å². The summed E-state index contributed by atoms with van der Waals surface area (Å²) in [5, 5.41) is 6.53. The lowest BCUT2D eigenvalue weighted by Gasteiger charge is -2.16. The van der Waals surface area contributed by atoms with E-state index in [1.165, 1.54) is 0 Å². The van der Waals surface area contributed by atoms with Gasteiger partial charge >= 0.3 is 0 Å². The molecule has 0 aliphatic heterocycles. The largest absolute Gasteiger partial charge is 0.354 e. The number of anilines is 1. The summed E-state index contributed by atoms with van der Waals surface area (Å²) in [5.41, 5.74) is 0.943. The number of nitrogens with zero attached hydrogens (tertiary/aromatic N) is 2. The van der Waals surface area contributed by atoms with Crippen molar-refractivity contribution in [3.63, 3.8) is 0 Å². The fourth-order valence-corrected chi connectivity index (χ4v) is 1.54. The molecule has 2 N–H and O–H groups in total. The Labute approximate surface area is 116 Å². The van der Waals surface area contributed by atoms with Crippen LogP contribution in [-0.4, -0.2) is 23.0 Å². The quantitative estimate of drug-likeness (QED) is 0.383. The molecule has 17 heavy (non-hydrogen) atoms. The number of pyridine rings is 1. The Morgan fingerprint density at radius 2 is 2.00 bits per heavy atom. The molecule has 1 aromatic rings. The second kappa shape index (κ2) is 6.78. The molecule has 0 radical (unpaired) electrons. The molecule has 1 aromatic heterocycles. The van der Waals surface area contributed by atoms with Crippen LogP contribution in [0.1, 0.15) is 27.7 Å². The van der Waals surface area contributed by atoms with E-state index >= 15 is 0 Å². The van der Waals surface area contributed by atoms with E-state index in [-0.39, 0.29) is 6.04 Å². The van der Waals surface area contributed by atoms with Crippen molar-refractivity contribution >= 4 is 34.2 Å². The summed E-state index contributed by atoms with van der Waals surface area (Å²) in [6.07, 6.45) is 1.81. The minimum Gasteiger partial charge on any atom is -0.354 e. The van der Waals surface area contributed by atoms with E-state index in [0.717, 1.165) is 15.3 Å². The molecule has 94 valence electrons. The summed E-state index contributed by atoms with van der Waals surface area (Å²) < 4.78 is 0.979. The molecule has 1 heterocycles. The number of hydrogen-bond donors (Lipinski definition) is 2. The summed E-state index contributed by atoms with van der Waals surface area (Å²) in [6, 6.07) is 4.55. The lowest BCUT2D eigenvalue weighted by atomic mass is 10.4. The Morgan fingerprint density at radius 3 is 2.47 bits per heavy atom. The van der Waals surface area contributed by atoms with Crippen LogP contribution in [0.15, 0.2) is 23.3 Å². The predicted molar refractivity (Wildman–Crippen MR) is 81.4 cm³/mol. The monoisotopic (exact) mass is 346 g/mol. The Bertz CT molecular complexity index is 371. The Morgan fingerprint density at radius 1 is 1.29 bits per heavy atom. The van der Waals surface area contributed by atoms with Gasteiger partial charge in [-0.25, -0.2) is 4.98 Å². The van der Waals surface area contributed by atoms with Gasteiger partial charge in [-0.2, -0.15) is 0 Å². The van der Waals surface area contributed by atoms with Gasteiger partial charge in [-0.1, -0.05) is 0 Å². The molecule has 0 aromatic carbocycles. The van der Waals surface area contributed by atoms with Gasteiger partial charge in [0, 0.05) is 12.1 Å². The molecule has 0 amide bonds. The summed E-state index contributed by atoms with van der Waals surface area (Å²) in [4.78, 5) is 8.73. The minimum atomic E-state index is 0.251. The molecule has 0 spiro atoms. The van der Waals surface area contributed by atoms with Crippen LogP contribution >= 0.6 is 22.6 Å². The van der Waals surface area contributed by atoms with Gasteiger partial charge in [0.1, 0.15) is 3.70 Å². The highest BCUT2D eigenvalue weighted by molar-refractivity contribution is 14.1. The number of hydrogen-bond acceptors (Lipinski definition) is 2. The predicted octanol–water partition coefficient (Wildman–Crippen LogP) is 2.86. The van der Waals surface area contributed by atoms with Crippen LogP contribution in [-0.2, 0) is 0 Å². The van der Waals surface area contributed by atoms with E-state index in [1.54, 1.807) is 6.20 Å². The number of rotatable bonds is 3. The van der Waals surface area contributed by atoms with Gasteiger partial charge in [0.25, 0.3) is 0 Å². The summed E-state index contributed by atoms with van der Waals surface area (Å²) in [6.45, 7) is 8.28. The van der Waals surface area contributed by atoms with Gasteiger partial charge in [0.05, 0.1) is 11.9 Å². The maximum atomic E-state index is 4.50. The average molecular weight is 346 g/mol. The van der Waals surface area contributed by atoms with Crippen molar-refractivity contribution in [2.24, 2.45) is 4.99 Å². The molecular weight excluding hydrogens is 327 g/mol. The third kappa shape index (κ3) is 5.86. The first-order valence-electron chi connectivity index (χ1n) is 5.70. The molecule has 0 saturated heterocycles. The first-order chi connectivity index (χ1) is 7.97. The zero-order valence-corrected chi connectivity index (χ0v) is 12.8. The molecular formula is C12H19IN4. The van der Waals surface area contributed by atoms with E-state index in [0.29, 0.717) is 6.04 Å². The topological polar surface area (TPSA) is 49.3 Å². The van der Waals surface area contributed by atoms with Crippen molar-refractivity contribution in [3.05, 3.63) is 22.0 Å². The van der Waals surface area contributed by atoms with Crippen molar-refractivity contribution in [2.75, 3.05) is 5.32 Å². The van der Waals surface area contributed by atoms with Gasteiger partial charge < -0.3 is 10.6 Å². The molecule has 0 saturated carbocycles. The standard InChI is InChI=1S/C12H19IN4/c1-8(2)15-12(16-9(3)4)17-10-5-6-11(13)14-7-10/h5-9H,1-4H3,(H2,15,16,17). The fourth-order valence-electron chi connectivity index (χ4n) is 1.22. The van der Waals surface area contributed by atoms with E-state index in [1.807, 2.05) is 12.1 Å². The number of guanidine groups is 1. The Kier molecular flexibility index (Phi) is 5.67. The summed E-state index contributed by atoms with van der Waals surface area (Å²) >= 11 is 2.19. The van der Waals surface area contributed by atoms with Gasteiger partial charge in [0.15, 0.2) is 5.96 Å². The number of aromatic nitrogens is 1. The van der Waals surface area contributed by atoms with Crippen molar-refractivity contribution in [1.82, 2.24) is 10.3 Å². The smallest absolute Gasteiger partial charge is 0.196 e. The molecule has 1 rings (SSSR count). The second-order valence-corrected chi connectivity index (χ2v) is 5.47. The first kappa shape index (κ1) is 14.2. The van der Waals surface area contributed by atoms with E-state index < -0.39 is 0 Å². The van der Waals surface area contributed by atoms with Gasteiger partial charge in [-0.15, -0.1) is 0 Å². The summed E-state index contributed by atoms with van der Waals surface area (Å²) in [5.74, 6) is 0.790. The highest BCUT2D eigenvalue weighted by atomic mass is 127. The summed E-state index contributed by atoms with van der Waals surface area (Å²) in [7, 11) is 0. The molecule has 0 unspecified atom stereocenters. The SMILES string of the molecule is CC(C)N=C(Nc1ccc(I)nc1)NC(C)C. The van der Waals surface area contributed by atoms with Crippen molar-refractivity contribution in [1.29, 1.82) is 0 Å². The Hall–Kier alpha value is -0.850. The van der Waals surface area contributed by atoms with Gasteiger partial charge in [0.2, 0.25) is 0 Å². The van der Waals surface area contributed by atoms with Crippen LogP contribution in [0.25, 0.3) is 0 Å². The maximum absolute atomic E-state index is 4.50.